The maximum Gasteiger partial charge on any atom is 0.275 e. The van der Waals surface area contributed by atoms with E-state index < -0.39 is 0 Å². The number of carbonyl (C=O) groups excluding carboxylic acids is 4. The Morgan fingerprint density at radius 2 is 0.456 bits per heavy atom. The molecule has 0 atom stereocenters. The van der Waals surface area contributed by atoms with Crippen LogP contribution in [0, 0.1) is 0 Å². The first-order chi connectivity index (χ1) is 27.4. The smallest absolute Gasteiger partial charge is 0.275 e. The van der Waals surface area contributed by atoms with Crippen molar-refractivity contribution >= 4 is 23.6 Å². The van der Waals surface area contributed by atoms with Crippen LogP contribution >= 0.6 is 0 Å². The molecule has 0 radical (unpaired) electrons. The van der Waals surface area contributed by atoms with Crippen molar-refractivity contribution in [1.29, 1.82) is 0 Å². The number of carbonyl (C=O) groups is 4. The quantitative estimate of drug-likeness (QED) is 0.0364. The lowest BCUT2D eigenvalue weighted by Gasteiger charge is -2.28. The van der Waals surface area contributed by atoms with Crippen molar-refractivity contribution in [2.75, 3.05) is 80.5 Å². The number of nitrogens with zero attached hydrogens (tertiary/aromatic N) is 2. The second-order valence-electron chi connectivity index (χ2n) is 18.4. The molecule has 0 aromatic heterocycles. The number of likely N-dealkylation sites (N-methyl/N-ethyl adjacent to an activating group) is 2. The number of rotatable bonds is 42. The minimum atomic E-state index is -0.107. The first kappa shape index (κ1) is 54.8. The van der Waals surface area contributed by atoms with Crippen molar-refractivity contribution in [3.8, 4) is 0 Å². The van der Waals surface area contributed by atoms with E-state index in [1.807, 2.05) is 28.2 Å². The molecular weight excluding hydrogens is 713 g/mol. The van der Waals surface area contributed by atoms with E-state index in [0.717, 1.165) is 25.7 Å². The highest BCUT2D eigenvalue weighted by atomic mass is 16.2. The van der Waals surface area contributed by atoms with Crippen LogP contribution in [0.3, 0.4) is 0 Å². The van der Waals surface area contributed by atoms with E-state index in [-0.39, 0.29) is 58.8 Å². The molecular formula is C47H96N6O4+2. The predicted molar refractivity (Wildman–Crippen MR) is 241 cm³/mol. The molecule has 0 unspecified atom stereocenters. The van der Waals surface area contributed by atoms with E-state index in [9.17, 15) is 19.2 Å². The van der Waals surface area contributed by atoms with Crippen molar-refractivity contribution in [2.45, 2.75) is 200 Å². The van der Waals surface area contributed by atoms with Crippen molar-refractivity contribution in [1.82, 2.24) is 21.3 Å². The van der Waals surface area contributed by atoms with Crippen LogP contribution in [0.2, 0.25) is 0 Å². The lowest BCUT2D eigenvalue weighted by Crippen LogP contribution is -2.53. The summed E-state index contributed by atoms with van der Waals surface area (Å²) in [6.45, 7) is 7.76. The van der Waals surface area contributed by atoms with Crippen LogP contribution in [-0.2, 0) is 19.2 Å². The topological polar surface area (TPSA) is 116 Å². The van der Waals surface area contributed by atoms with Gasteiger partial charge in [-0.15, -0.1) is 0 Å². The third-order valence-corrected chi connectivity index (χ3v) is 11.0. The molecule has 0 fully saturated rings. The van der Waals surface area contributed by atoms with E-state index >= 15 is 0 Å². The molecule has 0 saturated heterocycles. The van der Waals surface area contributed by atoms with Gasteiger partial charge in [0.2, 0.25) is 0 Å². The molecule has 4 amide bonds. The first-order valence-corrected chi connectivity index (χ1v) is 24.1. The zero-order valence-corrected chi connectivity index (χ0v) is 38.7. The number of hydrogen-bond acceptors (Lipinski definition) is 4. The Bertz CT molecular complexity index is 913. The maximum atomic E-state index is 12.6. The summed E-state index contributed by atoms with van der Waals surface area (Å²) in [5, 5.41) is 11.9. The van der Waals surface area contributed by atoms with Gasteiger partial charge in [0.25, 0.3) is 23.6 Å². The van der Waals surface area contributed by atoms with Gasteiger partial charge in [-0.3, -0.25) is 19.2 Å². The van der Waals surface area contributed by atoms with Gasteiger partial charge < -0.3 is 30.2 Å². The van der Waals surface area contributed by atoms with E-state index in [1.54, 1.807) is 0 Å². The zero-order valence-electron chi connectivity index (χ0n) is 38.7. The van der Waals surface area contributed by atoms with E-state index in [4.69, 9.17) is 0 Å². The SMILES string of the molecule is CCCCCCCCCCCCCCCCNC(=O)C[N+](C)(C)CC(=O)NCCCNC(=O)C[N+](C)(C)CC(=O)NCCCCCCCCCCCCCCCC. The van der Waals surface area contributed by atoms with Gasteiger partial charge in [0.15, 0.2) is 26.2 Å². The molecule has 0 bridgehead atoms. The Kier molecular flexibility index (Phi) is 36.6. The first-order valence-electron chi connectivity index (χ1n) is 24.1. The Labute approximate surface area is 352 Å². The molecule has 336 valence electrons. The summed E-state index contributed by atoms with van der Waals surface area (Å²) >= 11 is 0. The molecule has 4 N–H and O–H groups in total. The van der Waals surface area contributed by atoms with Gasteiger partial charge in [-0.05, 0) is 19.3 Å². The fourth-order valence-electron chi connectivity index (χ4n) is 7.53. The summed E-state index contributed by atoms with van der Waals surface area (Å²) in [4.78, 5) is 50.2. The summed E-state index contributed by atoms with van der Waals surface area (Å²) in [6.07, 6.45) is 37.4. The minimum absolute atomic E-state index is 0.0194. The monoisotopic (exact) mass is 809 g/mol. The average molecular weight is 809 g/mol. The third kappa shape index (κ3) is 40.4. The maximum absolute atomic E-state index is 12.6. The number of nitrogens with one attached hydrogen (secondary N) is 4. The van der Waals surface area contributed by atoms with E-state index in [1.165, 1.54) is 154 Å². The molecule has 57 heavy (non-hydrogen) atoms. The molecule has 10 heteroatoms. The molecule has 0 aliphatic carbocycles. The molecule has 0 aromatic carbocycles. The Morgan fingerprint density at radius 1 is 0.281 bits per heavy atom. The standard InChI is InChI=1S/C47H94N6O4/c1-7-9-11-13-15-17-19-21-23-25-27-29-31-33-36-48-44(54)40-52(3,4)42-46(56)50-38-35-39-51-47(57)43-53(5,6)41-45(55)49-37-34-32-30-28-26-24-22-20-18-16-14-12-10-8-2/h7-43H2,1-6H3,(H2-2,48,49,50,51,54,55,56,57)/p+2. The number of hydrogen-bond donors (Lipinski definition) is 4. The predicted octanol–water partition coefficient (Wildman–Crippen LogP) is 8.96. The van der Waals surface area contributed by atoms with Crippen LogP contribution in [0.25, 0.3) is 0 Å². The Hall–Kier alpha value is -2.20. The summed E-state index contributed by atoms with van der Waals surface area (Å²) < 4.78 is 0.570. The zero-order chi connectivity index (χ0) is 42.3. The lowest BCUT2D eigenvalue weighted by molar-refractivity contribution is -0.874. The van der Waals surface area contributed by atoms with Crippen LogP contribution in [0.5, 0.6) is 0 Å². The van der Waals surface area contributed by atoms with Crippen LogP contribution in [-0.4, -0.2) is 113 Å². The van der Waals surface area contributed by atoms with Gasteiger partial charge in [-0.1, -0.05) is 181 Å². The largest absolute Gasteiger partial charge is 0.351 e. The molecule has 0 heterocycles. The fourth-order valence-corrected chi connectivity index (χ4v) is 7.53. The van der Waals surface area contributed by atoms with E-state index in [0.29, 0.717) is 32.6 Å². The summed E-state index contributed by atoms with van der Waals surface area (Å²) in [5.41, 5.74) is 0. The average Bonchev–Trinajstić information content (AvgIpc) is 3.13. The molecule has 0 saturated carbocycles. The van der Waals surface area contributed by atoms with Crippen molar-refractivity contribution in [2.24, 2.45) is 0 Å². The van der Waals surface area contributed by atoms with Gasteiger partial charge >= 0.3 is 0 Å². The van der Waals surface area contributed by atoms with Crippen molar-refractivity contribution < 1.29 is 28.1 Å². The normalized spacial score (nSPS) is 11.8. The molecule has 10 nitrogen and oxygen atoms in total. The molecule has 0 aliphatic rings. The Balaban J connectivity index is 3.81. The van der Waals surface area contributed by atoms with Crippen LogP contribution in [0.15, 0.2) is 0 Å². The van der Waals surface area contributed by atoms with Gasteiger partial charge in [-0.2, -0.15) is 0 Å². The summed E-state index contributed by atoms with van der Waals surface area (Å²) in [6, 6.07) is 0. The van der Waals surface area contributed by atoms with Crippen LogP contribution < -0.4 is 21.3 Å². The summed E-state index contributed by atoms with van der Waals surface area (Å²) in [5.74, 6) is -0.254. The third-order valence-electron chi connectivity index (χ3n) is 11.0. The highest BCUT2D eigenvalue weighted by Crippen LogP contribution is 2.14. The van der Waals surface area contributed by atoms with Crippen molar-refractivity contribution in [3.05, 3.63) is 0 Å². The van der Waals surface area contributed by atoms with Crippen LogP contribution in [0.1, 0.15) is 200 Å². The fraction of sp³-hybridized carbons (Fsp3) is 0.915. The lowest BCUT2D eigenvalue weighted by atomic mass is 10.0. The molecule has 0 rings (SSSR count). The molecule has 0 aliphatic heterocycles. The molecule has 0 aromatic rings. The van der Waals surface area contributed by atoms with Crippen LogP contribution in [0.4, 0.5) is 0 Å². The van der Waals surface area contributed by atoms with Gasteiger partial charge in [0.1, 0.15) is 0 Å². The number of amides is 4. The number of unbranched alkanes of at least 4 members (excludes halogenated alkanes) is 26. The van der Waals surface area contributed by atoms with Gasteiger partial charge in [0.05, 0.1) is 28.2 Å². The highest BCUT2D eigenvalue weighted by Gasteiger charge is 2.25. The highest BCUT2D eigenvalue weighted by molar-refractivity contribution is 5.80. The second-order valence-corrected chi connectivity index (χ2v) is 18.4. The Morgan fingerprint density at radius 3 is 0.667 bits per heavy atom. The van der Waals surface area contributed by atoms with Crippen molar-refractivity contribution in [3.63, 3.8) is 0 Å². The van der Waals surface area contributed by atoms with Gasteiger partial charge in [0, 0.05) is 26.2 Å². The number of quaternary nitrogens is 2. The molecule has 0 spiro atoms. The summed E-state index contributed by atoms with van der Waals surface area (Å²) in [7, 11) is 7.58. The second kappa shape index (κ2) is 38.0. The minimum Gasteiger partial charge on any atom is -0.351 e. The van der Waals surface area contributed by atoms with Gasteiger partial charge in [-0.25, -0.2) is 0 Å². The van der Waals surface area contributed by atoms with E-state index in [2.05, 4.69) is 35.1 Å².